The molecule has 0 bridgehead atoms. The van der Waals surface area contributed by atoms with Gasteiger partial charge in [0, 0.05) is 10.8 Å². The van der Waals surface area contributed by atoms with Crippen molar-refractivity contribution in [1.82, 2.24) is 0 Å². The topological polar surface area (TPSA) is 13.1 Å². The summed E-state index contributed by atoms with van der Waals surface area (Å²) in [6, 6.07) is 77.1. The van der Waals surface area contributed by atoms with Crippen LogP contribution in [0.2, 0.25) is 0 Å². The van der Waals surface area contributed by atoms with Gasteiger partial charge in [-0.05, 0) is 140 Å². The van der Waals surface area contributed by atoms with Crippen LogP contribution in [0.5, 0.6) is 0 Å². The molecule has 0 saturated carbocycles. The van der Waals surface area contributed by atoms with E-state index in [-0.39, 0.29) is 0 Å². The van der Waals surface area contributed by atoms with Crippen molar-refractivity contribution in [3.63, 3.8) is 0 Å². The number of fused-ring (bicyclic) bond motifs is 19. The van der Waals surface area contributed by atoms with Gasteiger partial charge in [0.25, 0.3) is 0 Å². The van der Waals surface area contributed by atoms with Crippen LogP contribution in [0.3, 0.4) is 0 Å². The predicted molar refractivity (Wildman–Crippen MR) is 251 cm³/mol. The molecular weight excluding hydrogens is 725 g/mol. The van der Waals surface area contributed by atoms with Crippen molar-refractivity contribution < 1.29 is 4.42 Å². The number of hydrogen-bond acceptors (Lipinski definition) is 1. The molecule has 0 N–H and O–H groups in total. The number of hydrogen-bond donors (Lipinski definition) is 0. The normalized spacial score (nSPS) is 13.5. The minimum Gasteiger partial charge on any atom is -0.456 e. The van der Waals surface area contributed by atoms with Gasteiger partial charge in [-0.15, -0.1) is 0 Å². The Balaban J connectivity index is 1.09. The van der Waals surface area contributed by atoms with Crippen LogP contribution < -0.4 is 0 Å². The molecule has 14 rings (SSSR count). The quantitative estimate of drug-likeness (QED) is 0.126. The molecule has 12 aromatic rings. The Hall–Kier alpha value is -7.74. The first-order chi connectivity index (χ1) is 29.8. The summed E-state index contributed by atoms with van der Waals surface area (Å²) in [5.74, 6) is 0. The van der Waals surface area contributed by atoms with Crippen LogP contribution in [0.25, 0.3) is 110 Å². The first-order valence-electron chi connectivity index (χ1n) is 20.9. The first kappa shape index (κ1) is 32.2. The van der Waals surface area contributed by atoms with Crippen LogP contribution in [0.4, 0.5) is 0 Å². The molecule has 1 nitrogen and oxygen atoms in total. The Labute approximate surface area is 346 Å². The molecule has 0 atom stereocenters. The molecule has 60 heavy (non-hydrogen) atoms. The van der Waals surface area contributed by atoms with E-state index in [0.29, 0.717) is 0 Å². The summed E-state index contributed by atoms with van der Waals surface area (Å²) in [6.07, 6.45) is 0. The van der Waals surface area contributed by atoms with E-state index in [4.69, 9.17) is 4.42 Å². The van der Waals surface area contributed by atoms with Crippen molar-refractivity contribution in [2.75, 3.05) is 0 Å². The van der Waals surface area contributed by atoms with Crippen molar-refractivity contribution in [1.29, 1.82) is 0 Å². The fourth-order valence-corrected chi connectivity index (χ4v) is 11.4. The molecule has 0 radical (unpaired) electrons. The highest BCUT2D eigenvalue weighted by atomic mass is 16.3. The minimum absolute atomic E-state index is 0.452. The van der Waals surface area contributed by atoms with Crippen LogP contribution in [0.15, 0.2) is 211 Å². The van der Waals surface area contributed by atoms with Crippen LogP contribution in [0, 0.1) is 0 Å². The highest BCUT2D eigenvalue weighted by molar-refractivity contribution is 6.21. The third-order valence-corrected chi connectivity index (χ3v) is 13.9. The summed E-state index contributed by atoms with van der Waals surface area (Å²) in [5, 5.41) is 12.4. The van der Waals surface area contributed by atoms with E-state index in [2.05, 4.69) is 200 Å². The van der Waals surface area contributed by atoms with E-state index in [0.717, 1.165) is 21.9 Å². The summed E-state index contributed by atoms with van der Waals surface area (Å²) in [7, 11) is 0. The lowest BCUT2D eigenvalue weighted by Gasteiger charge is -2.30. The van der Waals surface area contributed by atoms with Crippen molar-refractivity contribution in [2.45, 2.75) is 5.41 Å². The van der Waals surface area contributed by atoms with Crippen molar-refractivity contribution in [2.24, 2.45) is 0 Å². The van der Waals surface area contributed by atoms with Crippen LogP contribution in [-0.2, 0) is 5.41 Å². The molecule has 276 valence electrons. The largest absolute Gasteiger partial charge is 0.456 e. The average molecular weight is 759 g/mol. The molecule has 1 heterocycles. The molecule has 0 fully saturated rings. The molecule has 2 aliphatic carbocycles. The molecule has 1 spiro atoms. The van der Waals surface area contributed by atoms with Gasteiger partial charge in [0.15, 0.2) is 0 Å². The lowest BCUT2D eigenvalue weighted by atomic mass is 9.70. The Morgan fingerprint density at radius 3 is 1.72 bits per heavy atom. The van der Waals surface area contributed by atoms with Gasteiger partial charge in [0.1, 0.15) is 11.2 Å². The third-order valence-electron chi connectivity index (χ3n) is 13.9. The zero-order valence-corrected chi connectivity index (χ0v) is 32.5. The molecule has 2 aliphatic rings. The fourth-order valence-electron chi connectivity index (χ4n) is 11.4. The molecule has 1 aromatic heterocycles. The van der Waals surface area contributed by atoms with Gasteiger partial charge >= 0.3 is 0 Å². The summed E-state index contributed by atoms with van der Waals surface area (Å²) in [6.45, 7) is 0. The van der Waals surface area contributed by atoms with Crippen molar-refractivity contribution in [3.05, 3.63) is 229 Å². The van der Waals surface area contributed by atoms with E-state index < -0.39 is 5.41 Å². The van der Waals surface area contributed by atoms with Gasteiger partial charge < -0.3 is 4.42 Å². The minimum atomic E-state index is -0.452. The second-order valence-electron chi connectivity index (χ2n) is 16.7. The maximum absolute atomic E-state index is 6.26. The number of furan rings is 1. The van der Waals surface area contributed by atoms with Crippen LogP contribution in [-0.4, -0.2) is 0 Å². The Bertz CT molecular complexity index is 3800. The van der Waals surface area contributed by atoms with E-state index in [9.17, 15) is 0 Å². The Morgan fingerprint density at radius 1 is 0.267 bits per heavy atom. The van der Waals surface area contributed by atoms with Gasteiger partial charge in [-0.25, -0.2) is 0 Å². The molecule has 0 amide bonds. The summed E-state index contributed by atoms with van der Waals surface area (Å²) < 4.78 is 6.26. The summed E-state index contributed by atoms with van der Waals surface area (Å²) in [4.78, 5) is 0. The monoisotopic (exact) mass is 758 g/mol. The molecule has 0 unspecified atom stereocenters. The standard InChI is InChI=1S/C59H34O/c1-3-14-39-35(12-1)24-27-47-48(39)32-36-13-2-4-15-41(36)57(47)38-25-29-53-50(34-38)58-46-20-11-19-40(37-26-31-56-49(33-37)45-18-7-10-23-55(45)60-56)42(46)28-30-54(58)59(53)51-21-8-5-16-43(51)44-17-6-9-22-52(44)59/h1-34H. The number of para-hydroxylation sites is 1. The van der Waals surface area contributed by atoms with Crippen LogP contribution in [0.1, 0.15) is 22.3 Å². The van der Waals surface area contributed by atoms with E-state index in [1.54, 1.807) is 0 Å². The number of rotatable bonds is 2. The fraction of sp³-hybridized carbons (Fsp3) is 0.0169. The maximum Gasteiger partial charge on any atom is 0.135 e. The molecule has 0 saturated heterocycles. The first-order valence-corrected chi connectivity index (χ1v) is 20.9. The Kier molecular flexibility index (Phi) is 6.28. The second-order valence-corrected chi connectivity index (χ2v) is 16.7. The smallest absolute Gasteiger partial charge is 0.135 e. The van der Waals surface area contributed by atoms with Gasteiger partial charge in [-0.2, -0.15) is 0 Å². The zero-order valence-electron chi connectivity index (χ0n) is 32.5. The predicted octanol–water partition coefficient (Wildman–Crippen LogP) is 15.9. The van der Waals surface area contributed by atoms with Crippen molar-refractivity contribution in [3.8, 4) is 44.5 Å². The highest BCUT2D eigenvalue weighted by Gasteiger charge is 2.52. The van der Waals surface area contributed by atoms with Gasteiger partial charge in [-0.3, -0.25) is 0 Å². The SMILES string of the molecule is c1ccc2c(c1)-c1ccccc1C21c2ccc(-c3c4ccccc4cc4c3ccc3ccccc34)cc2-c2c1ccc1c(-c3ccc4oc5ccccc5c4c3)cccc21. The second kappa shape index (κ2) is 11.7. The lowest BCUT2D eigenvalue weighted by Crippen LogP contribution is -2.25. The van der Waals surface area contributed by atoms with Crippen LogP contribution >= 0.6 is 0 Å². The molecule has 1 heteroatoms. The summed E-state index contributed by atoms with van der Waals surface area (Å²) in [5.41, 5.74) is 17.0. The Morgan fingerprint density at radius 2 is 0.867 bits per heavy atom. The maximum atomic E-state index is 6.26. The highest BCUT2D eigenvalue weighted by Crippen LogP contribution is 2.64. The van der Waals surface area contributed by atoms with E-state index >= 15 is 0 Å². The molecule has 11 aromatic carbocycles. The summed E-state index contributed by atoms with van der Waals surface area (Å²) >= 11 is 0. The van der Waals surface area contributed by atoms with Gasteiger partial charge in [0.05, 0.1) is 5.41 Å². The molecule has 0 aliphatic heterocycles. The van der Waals surface area contributed by atoms with Crippen molar-refractivity contribution >= 4 is 65.0 Å². The lowest BCUT2D eigenvalue weighted by molar-refractivity contribution is 0.669. The third kappa shape index (κ3) is 4.06. The zero-order chi connectivity index (χ0) is 39.1. The molecular formula is C59H34O. The van der Waals surface area contributed by atoms with Gasteiger partial charge in [-0.1, -0.05) is 176 Å². The average Bonchev–Trinajstić information content (AvgIpc) is 3.94. The van der Waals surface area contributed by atoms with Gasteiger partial charge in [0.2, 0.25) is 0 Å². The number of benzene rings is 11. The van der Waals surface area contributed by atoms with E-state index in [1.807, 2.05) is 6.07 Å². The van der Waals surface area contributed by atoms with E-state index in [1.165, 1.54) is 110 Å².